The number of phenolic OH excluding ortho intramolecular Hbond substituents is 2. The van der Waals surface area contributed by atoms with Gasteiger partial charge in [-0.3, -0.25) is 14.9 Å². The Labute approximate surface area is 178 Å². The van der Waals surface area contributed by atoms with Gasteiger partial charge in [0.25, 0.3) is 11.8 Å². The highest BCUT2D eigenvalue weighted by Gasteiger charge is 2.27. The summed E-state index contributed by atoms with van der Waals surface area (Å²) in [5, 5.41) is 24.4. The fraction of sp³-hybridized carbons (Fsp3) is 0.0833. The normalized spacial score (nSPS) is 14.2. The van der Waals surface area contributed by atoms with Crippen LogP contribution in [0.15, 0.2) is 66.9 Å². The number of nitrogens with one attached hydrogen (secondary N) is 2. The van der Waals surface area contributed by atoms with E-state index in [1.165, 1.54) is 18.3 Å². The van der Waals surface area contributed by atoms with E-state index in [0.29, 0.717) is 34.6 Å². The standard InChI is InChI=1S/C24H20N2O5/c1-31-22-5-3-2-4-16(22)15-7-8-17-18(11-15)19(24(30)26-23(17)29)13-25-12-14-6-9-20(27)21(28)10-14/h2-11,13,25,27-28H,12H2,1H3,(H,26,29,30)/b19-13+. The highest BCUT2D eigenvalue weighted by molar-refractivity contribution is 6.31. The number of fused-ring (bicyclic) bond motifs is 1. The van der Waals surface area contributed by atoms with Crippen molar-refractivity contribution in [3.63, 3.8) is 0 Å². The minimum Gasteiger partial charge on any atom is -0.504 e. The Hall–Kier alpha value is -4.26. The number of para-hydroxylation sites is 1. The van der Waals surface area contributed by atoms with E-state index in [-0.39, 0.29) is 11.5 Å². The molecule has 0 fully saturated rings. The number of carbonyl (C=O) groups excluding carboxylic acids is 2. The van der Waals surface area contributed by atoms with Gasteiger partial charge in [0, 0.05) is 29.4 Å². The van der Waals surface area contributed by atoms with Gasteiger partial charge in [0.1, 0.15) is 5.75 Å². The molecule has 1 aliphatic heterocycles. The Morgan fingerprint density at radius 2 is 1.71 bits per heavy atom. The first kappa shape index (κ1) is 20.0. The van der Waals surface area contributed by atoms with Crippen LogP contribution in [0.4, 0.5) is 0 Å². The second-order valence-corrected chi connectivity index (χ2v) is 7.01. The van der Waals surface area contributed by atoms with Crippen LogP contribution in [0.3, 0.4) is 0 Å². The van der Waals surface area contributed by atoms with Crippen LogP contribution in [-0.4, -0.2) is 29.1 Å². The summed E-state index contributed by atoms with van der Waals surface area (Å²) in [6.07, 6.45) is 1.54. The van der Waals surface area contributed by atoms with Crippen LogP contribution in [0.5, 0.6) is 17.2 Å². The maximum Gasteiger partial charge on any atom is 0.260 e. The molecule has 1 aliphatic rings. The second kappa shape index (κ2) is 8.23. The van der Waals surface area contributed by atoms with Crippen molar-refractivity contribution < 1.29 is 24.5 Å². The molecule has 4 rings (SSSR count). The van der Waals surface area contributed by atoms with Gasteiger partial charge in [0.2, 0.25) is 0 Å². The number of methoxy groups -OCH3 is 1. The third-order valence-electron chi connectivity index (χ3n) is 5.04. The van der Waals surface area contributed by atoms with Crippen LogP contribution in [0.1, 0.15) is 21.5 Å². The van der Waals surface area contributed by atoms with Gasteiger partial charge < -0.3 is 20.3 Å². The predicted octanol–water partition coefficient (Wildman–Crippen LogP) is 3.17. The van der Waals surface area contributed by atoms with Crippen LogP contribution in [0, 0.1) is 0 Å². The Morgan fingerprint density at radius 3 is 2.48 bits per heavy atom. The van der Waals surface area contributed by atoms with E-state index in [2.05, 4.69) is 10.6 Å². The van der Waals surface area contributed by atoms with Crippen molar-refractivity contribution in [1.29, 1.82) is 0 Å². The molecule has 0 unspecified atom stereocenters. The number of amides is 2. The van der Waals surface area contributed by atoms with Crippen molar-refractivity contribution in [2.45, 2.75) is 6.54 Å². The van der Waals surface area contributed by atoms with Crippen molar-refractivity contribution in [1.82, 2.24) is 10.6 Å². The maximum absolute atomic E-state index is 12.5. The summed E-state index contributed by atoms with van der Waals surface area (Å²) in [5.41, 5.74) is 3.59. The smallest absolute Gasteiger partial charge is 0.260 e. The first-order chi connectivity index (χ1) is 15.0. The van der Waals surface area contributed by atoms with Crippen molar-refractivity contribution >= 4 is 17.4 Å². The Balaban J connectivity index is 1.69. The lowest BCUT2D eigenvalue weighted by molar-refractivity contribution is -0.114. The van der Waals surface area contributed by atoms with Gasteiger partial charge in [-0.05, 0) is 41.5 Å². The predicted molar refractivity (Wildman–Crippen MR) is 115 cm³/mol. The van der Waals surface area contributed by atoms with Gasteiger partial charge in [-0.1, -0.05) is 30.3 Å². The van der Waals surface area contributed by atoms with E-state index in [9.17, 15) is 19.8 Å². The van der Waals surface area contributed by atoms with Crippen molar-refractivity contribution in [2.75, 3.05) is 7.11 Å². The highest BCUT2D eigenvalue weighted by atomic mass is 16.5. The molecule has 0 spiro atoms. The zero-order chi connectivity index (χ0) is 22.0. The van der Waals surface area contributed by atoms with E-state index in [0.717, 1.165) is 11.1 Å². The molecule has 7 heteroatoms. The number of hydrogen-bond donors (Lipinski definition) is 4. The summed E-state index contributed by atoms with van der Waals surface area (Å²) in [5.74, 6) is -0.697. The molecule has 3 aromatic carbocycles. The zero-order valence-corrected chi connectivity index (χ0v) is 16.7. The number of benzene rings is 3. The maximum atomic E-state index is 12.5. The molecular weight excluding hydrogens is 396 g/mol. The Kier molecular flexibility index (Phi) is 5.32. The van der Waals surface area contributed by atoms with Crippen LogP contribution in [0.2, 0.25) is 0 Å². The average Bonchev–Trinajstić information content (AvgIpc) is 2.78. The summed E-state index contributed by atoms with van der Waals surface area (Å²) >= 11 is 0. The van der Waals surface area contributed by atoms with Crippen LogP contribution < -0.4 is 15.4 Å². The second-order valence-electron chi connectivity index (χ2n) is 7.01. The summed E-state index contributed by atoms with van der Waals surface area (Å²) < 4.78 is 5.43. The van der Waals surface area contributed by atoms with E-state index in [1.54, 1.807) is 25.3 Å². The molecule has 0 aliphatic carbocycles. The van der Waals surface area contributed by atoms with Crippen molar-refractivity contribution in [3.05, 3.63) is 83.6 Å². The number of carbonyl (C=O) groups is 2. The Morgan fingerprint density at radius 1 is 0.903 bits per heavy atom. The largest absolute Gasteiger partial charge is 0.504 e. The van der Waals surface area contributed by atoms with Gasteiger partial charge in [-0.15, -0.1) is 0 Å². The fourth-order valence-corrected chi connectivity index (χ4v) is 3.47. The zero-order valence-electron chi connectivity index (χ0n) is 16.7. The summed E-state index contributed by atoms with van der Waals surface area (Å²) in [6.45, 7) is 0.306. The topological polar surface area (TPSA) is 108 Å². The molecule has 7 nitrogen and oxygen atoms in total. The number of phenols is 2. The number of imide groups is 1. The third kappa shape index (κ3) is 3.93. The first-order valence-electron chi connectivity index (χ1n) is 9.56. The third-order valence-corrected chi connectivity index (χ3v) is 5.04. The molecular formula is C24H20N2O5. The molecule has 0 saturated carbocycles. The molecule has 4 N–H and O–H groups in total. The number of rotatable bonds is 5. The fourth-order valence-electron chi connectivity index (χ4n) is 3.47. The highest BCUT2D eigenvalue weighted by Crippen LogP contribution is 2.34. The molecule has 0 saturated heterocycles. The van der Waals surface area contributed by atoms with Crippen molar-refractivity contribution in [3.8, 4) is 28.4 Å². The quantitative estimate of drug-likeness (QED) is 0.289. The molecule has 31 heavy (non-hydrogen) atoms. The molecule has 0 aromatic heterocycles. The van der Waals surface area contributed by atoms with Crippen LogP contribution in [-0.2, 0) is 11.3 Å². The van der Waals surface area contributed by atoms with Gasteiger partial charge in [-0.25, -0.2) is 0 Å². The average molecular weight is 416 g/mol. The number of aromatic hydroxyl groups is 2. The number of ether oxygens (including phenoxy) is 1. The van der Waals surface area contributed by atoms with E-state index < -0.39 is 11.8 Å². The lowest BCUT2D eigenvalue weighted by Crippen LogP contribution is -2.37. The monoisotopic (exact) mass is 416 g/mol. The lowest BCUT2D eigenvalue weighted by Gasteiger charge is -2.20. The SMILES string of the molecule is COc1ccccc1-c1ccc2c(c1)/C(=C\NCc1ccc(O)c(O)c1)C(=O)NC2=O. The molecule has 3 aromatic rings. The Bertz CT molecular complexity index is 1220. The summed E-state index contributed by atoms with van der Waals surface area (Å²) in [7, 11) is 1.59. The van der Waals surface area contributed by atoms with Gasteiger partial charge in [-0.2, -0.15) is 0 Å². The van der Waals surface area contributed by atoms with E-state index in [4.69, 9.17) is 4.74 Å². The van der Waals surface area contributed by atoms with Gasteiger partial charge in [0.05, 0.1) is 12.7 Å². The molecule has 2 amide bonds. The lowest BCUT2D eigenvalue weighted by atomic mass is 9.91. The van der Waals surface area contributed by atoms with Gasteiger partial charge >= 0.3 is 0 Å². The van der Waals surface area contributed by atoms with E-state index in [1.807, 2.05) is 30.3 Å². The van der Waals surface area contributed by atoms with Crippen LogP contribution in [0.25, 0.3) is 16.7 Å². The minimum atomic E-state index is -0.504. The molecule has 0 bridgehead atoms. The molecule has 0 radical (unpaired) electrons. The molecule has 0 atom stereocenters. The van der Waals surface area contributed by atoms with Gasteiger partial charge in [0.15, 0.2) is 11.5 Å². The molecule has 1 heterocycles. The van der Waals surface area contributed by atoms with Crippen molar-refractivity contribution in [2.24, 2.45) is 0 Å². The summed E-state index contributed by atoms with van der Waals surface area (Å²) in [4.78, 5) is 24.9. The number of hydrogen-bond acceptors (Lipinski definition) is 6. The van der Waals surface area contributed by atoms with E-state index >= 15 is 0 Å². The first-order valence-corrected chi connectivity index (χ1v) is 9.56. The van der Waals surface area contributed by atoms with Crippen LogP contribution >= 0.6 is 0 Å². The summed E-state index contributed by atoms with van der Waals surface area (Å²) in [6, 6.07) is 17.3. The minimum absolute atomic E-state index is 0.204. The molecule has 156 valence electrons.